The molecule has 2 rings (SSSR count). The van der Waals surface area contributed by atoms with Crippen LogP contribution in [0.2, 0.25) is 5.02 Å². The average molecular weight is 265 g/mol. The van der Waals surface area contributed by atoms with Crippen molar-refractivity contribution < 1.29 is 4.74 Å². The highest BCUT2D eigenvalue weighted by molar-refractivity contribution is 6.30. The van der Waals surface area contributed by atoms with Crippen molar-refractivity contribution in [2.45, 2.75) is 6.42 Å². The number of benzene rings is 1. The molecule has 0 aliphatic carbocycles. The summed E-state index contributed by atoms with van der Waals surface area (Å²) in [5.41, 5.74) is 13.0. The number of hydrogen-bond donors (Lipinski definition) is 2. The van der Waals surface area contributed by atoms with E-state index in [1.165, 1.54) is 0 Å². The Balaban J connectivity index is 2.36. The molecule has 94 valence electrons. The fourth-order valence-corrected chi connectivity index (χ4v) is 1.86. The molecule has 0 saturated heterocycles. The highest BCUT2D eigenvalue weighted by atomic mass is 35.5. The van der Waals surface area contributed by atoms with Crippen LogP contribution in [0, 0.1) is 0 Å². The molecule has 18 heavy (non-hydrogen) atoms. The lowest BCUT2D eigenvalue weighted by Gasteiger charge is -2.10. The third-order valence-electron chi connectivity index (χ3n) is 2.54. The van der Waals surface area contributed by atoms with Gasteiger partial charge in [0.25, 0.3) is 0 Å². The van der Waals surface area contributed by atoms with Gasteiger partial charge >= 0.3 is 0 Å². The summed E-state index contributed by atoms with van der Waals surface area (Å²) in [7, 11) is 1.61. The van der Waals surface area contributed by atoms with Gasteiger partial charge in [0.1, 0.15) is 11.6 Å². The topological polar surface area (TPSA) is 87.0 Å². The monoisotopic (exact) mass is 264 g/mol. The number of hydrogen-bond acceptors (Lipinski definition) is 5. The maximum absolute atomic E-state index is 5.97. The SMILES string of the molecule is COc1ccc(Cl)cc1Cc1cnc(N)nc1N. The second-order valence-corrected chi connectivity index (χ2v) is 4.21. The molecule has 1 aromatic heterocycles. The van der Waals surface area contributed by atoms with Crippen LogP contribution in [-0.2, 0) is 6.42 Å². The van der Waals surface area contributed by atoms with Crippen molar-refractivity contribution >= 4 is 23.4 Å². The van der Waals surface area contributed by atoms with Crippen LogP contribution >= 0.6 is 11.6 Å². The molecule has 1 aromatic carbocycles. The van der Waals surface area contributed by atoms with Gasteiger partial charge in [-0.3, -0.25) is 0 Å². The maximum Gasteiger partial charge on any atom is 0.221 e. The van der Waals surface area contributed by atoms with Gasteiger partial charge in [0.15, 0.2) is 0 Å². The lowest BCUT2D eigenvalue weighted by molar-refractivity contribution is 0.410. The van der Waals surface area contributed by atoms with E-state index >= 15 is 0 Å². The molecule has 0 unspecified atom stereocenters. The molecule has 0 aliphatic rings. The predicted octanol–water partition coefficient (Wildman–Crippen LogP) is 1.89. The summed E-state index contributed by atoms with van der Waals surface area (Å²) in [6, 6.07) is 5.41. The number of rotatable bonds is 3. The highest BCUT2D eigenvalue weighted by Gasteiger charge is 2.09. The molecule has 0 fully saturated rings. The predicted molar refractivity (Wildman–Crippen MR) is 71.7 cm³/mol. The van der Waals surface area contributed by atoms with E-state index in [-0.39, 0.29) is 5.95 Å². The van der Waals surface area contributed by atoms with Crippen LogP contribution in [0.25, 0.3) is 0 Å². The van der Waals surface area contributed by atoms with Gasteiger partial charge in [-0.05, 0) is 18.2 Å². The second kappa shape index (κ2) is 5.10. The van der Waals surface area contributed by atoms with Crippen molar-refractivity contribution in [3.8, 4) is 5.75 Å². The first-order chi connectivity index (χ1) is 8.60. The molecule has 0 amide bonds. The van der Waals surface area contributed by atoms with Gasteiger partial charge in [0.2, 0.25) is 5.95 Å². The lowest BCUT2D eigenvalue weighted by atomic mass is 10.1. The Morgan fingerprint density at radius 2 is 2.06 bits per heavy atom. The summed E-state index contributed by atoms with van der Waals surface area (Å²) < 4.78 is 5.27. The zero-order valence-corrected chi connectivity index (χ0v) is 10.6. The Morgan fingerprint density at radius 3 is 2.72 bits per heavy atom. The summed E-state index contributed by atoms with van der Waals surface area (Å²) in [5, 5.41) is 0.640. The van der Waals surface area contributed by atoms with Crippen molar-refractivity contribution in [2.75, 3.05) is 18.6 Å². The number of nitrogens with zero attached hydrogens (tertiary/aromatic N) is 2. The van der Waals surface area contributed by atoms with Crippen LogP contribution in [0.1, 0.15) is 11.1 Å². The molecule has 0 saturated carbocycles. The highest BCUT2D eigenvalue weighted by Crippen LogP contribution is 2.26. The molecule has 0 bridgehead atoms. The van der Waals surface area contributed by atoms with E-state index in [1.807, 2.05) is 12.1 Å². The van der Waals surface area contributed by atoms with E-state index in [0.717, 1.165) is 16.9 Å². The number of halogens is 1. The van der Waals surface area contributed by atoms with Gasteiger partial charge in [-0.25, -0.2) is 4.98 Å². The van der Waals surface area contributed by atoms with Crippen molar-refractivity contribution in [2.24, 2.45) is 0 Å². The fourth-order valence-electron chi connectivity index (χ4n) is 1.66. The number of aromatic nitrogens is 2. The van der Waals surface area contributed by atoms with E-state index in [1.54, 1.807) is 19.4 Å². The first-order valence-electron chi connectivity index (χ1n) is 5.29. The van der Waals surface area contributed by atoms with E-state index in [4.69, 9.17) is 27.8 Å². The lowest BCUT2D eigenvalue weighted by Crippen LogP contribution is -2.04. The number of anilines is 2. The van der Waals surface area contributed by atoms with Gasteiger partial charge in [-0.15, -0.1) is 0 Å². The van der Waals surface area contributed by atoms with Crippen LogP contribution < -0.4 is 16.2 Å². The van der Waals surface area contributed by atoms with Gasteiger partial charge in [0.05, 0.1) is 7.11 Å². The van der Waals surface area contributed by atoms with Crippen LogP contribution in [0.5, 0.6) is 5.75 Å². The van der Waals surface area contributed by atoms with Crippen molar-refractivity contribution in [3.05, 3.63) is 40.5 Å². The van der Waals surface area contributed by atoms with E-state index in [2.05, 4.69) is 9.97 Å². The summed E-state index contributed by atoms with van der Waals surface area (Å²) in [5.74, 6) is 1.27. The van der Waals surface area contributed by atoms with Crippen LogP contribution in [0.3, 0.4) is 0 Å². The fraction of sp³-hybridized carbons (Fsp3) is 0.167. The molecular formula is C12H13ClN4O. The molecular weight excluding hydrogens is 252 g/mol. The molecule has 6 heteroatoms. The third-order valence-corrected chi connectivity index (χ3v) is 2.78. The summed E-state index contributed by atoms with van der Waals surface area (Å²) in [6.07, 6.45) is 2.15. The minimum absolute atomic E-state index is 0.161. The van der Waals surface area contributed by atoms with Gasteiger partial charge in [-0.2, -0.15) is 4.98 Å². The minimum atomic E-state index is 0.161. The number of methoxy groups -OCH3 is 1. The molecule has 0 radical (unpaired) electrons. The minimum Gasteiger partial charge on any atom is -0.496 e. The first kappa shape index (κ1) is 12.4. The second-order valence-electron chi connectivity index (χ2n) is 3.77. The molecule has 4 N–H and O–H groups in total. The maximum atomic E-state index is 5.97. The van der Waals surface area contributed by atoms with Crippen molar-refractivity contribution in [3.63, 3.8) is 0 Å². The number of nitrogens with two attached hydrogens (primary N) is 2. The summed E-state index contributed by atoms with van der Waals surface area (Å²) in [4.78, 5) is 7.85. The van der Waals surface area contributed by atoms with Crippen molar-refractivity contribution in [1.82, 2.24) is 9.97 Å². The summed E-state index contributed by atoms with van der Waals surface area (Å²) >= 11 is 5.97. The third kappa shape index (κ3) is 2.62. The van der Waals surface area contributed by atoms with Crippen molar-refractivity contribution in [1.29, 1.82) is 0 Å². The van der Waals surface area contributed by atoms with Gasteiger partial charge in [-0.1, -0.05) is 11.6 Å². The van der Waals surface area contributed by atoms with Gasteiger partial charge < -0.3 is 16.2 Å². The van der Waals surface area contributed by atoms with E-state index < -0.39 is 0 Å². The van der Waals surface area contributed by atoms with E-state index in [0.29, 0.717) is 17.3 Å². The molecule has 1 heterocycles. The van der Waals surface area contributed by atoms with E-state index in [9.17, 15) is 0 Å². The summed E-state index contributed by atoms with van der Waals surface area (Å²) in [6.45, 7) is 0. The Kier molecular flexibility index (Phi) is 3.53. The Labute approximate surface area is 110 Å². The van der Waals surface area contributed by atoms with Crippen LogP contribution in [0.4, 0.5) is 11.8 Å². The first-order valence-corrected chi connectivity index (χ1v) is 5.67. The zero-order chi connectivity index (χ0) is 13.1. The average Bonchev–Trinajstić information content (AvgIpc) is 2.33. The Bertz CT molecular complexity index is 574. The zero-order valence-electron chi connectivity index (χ0n) is 9.85. The number of nitrogen functional groups attached to an aromatic ring is 2. The smallest absolute Gasteiger partial charge is 0.221 e. The molecule has 2 aromatic rings. The molecule has 0 spiro atoms. The Hall–Kier alpha value is -2.01. The van der Waals surface area contributed by atoms with Gasteiger partial charge in [0, 0.05) is 28.8 Å². The molecule has 0 aliphatic heterocycles. The largest absolute Gasteiger partial charge is 0.496 e. The normalized spacial score (nSPS) is 10.3. The molecule has 0 atom stereocenters. The molecule has 5 nitrogen and oxygen atoms in total. The quantitative estimate of drug-likeness (QED) is 0.884. The van der Waals surface area contributed by atoms with Crippen LogP contribution in [0.15, 0.2) is 24.4 Å². The number of ether oxygens (including phenoxy) is 1. The standard InChI is InChI=1S/C12H13ClN4O/c1-18-10-3-2-9(13)5-7(10)4-8-6-16-12(15)17-11(8)14/h2-3,5-6H,4H2,1H3,(H4,14,15,16,17). The Morgan fingerprint density at radius 1 is 1.28 bits per heavy atom. The van der Waals surface area contributed by atoms with Crippen LogP contribution in [-0.4, -0.2) is 17.1 Å².